The maximum absolute atomic E-state index is 2.26. The minimum Gasteiger partial charge on any atom is -0.0795 e. The zero-order valence-electron chi connectivity index (χ0n) is 55.5. The van der Waals surface area contributed by atoms with E-state index in [1.165, 1.54) is 143 Å². The summed E-state index contributed by atoms with van der Waals surface area (Å²) in [7, 11) is 0. The minimum atomic E-state index is 1.10. The van der Waals surface area contributed by atoms with Crippen molar-refractivity contribution in [2.75, 3.05) is 0 Å². The fraction of sp³-hybridized carbons (Fsp3) is 0.0928. The molecular formula is C97H84. The van der Waals surface area contributed by atoms with E-state index in [4.69, 9.17) is 0 Å². The van der Waals surface area contributed by atoms with Crippen LogP contribution in [0.2, 0.25) is 0 Å². The molecule has 0 atom stereocenters. The van der Waals surface area contributed by atoms with Crippen LogP contribution < -0.4 is 0 Å². The van der Waals surface area contributed by atoms with Gasteiger partial charge in [-0.05, 0) is 191 Å². The first-order valence-electron chi connectivity index (χ1n) is 34.5. The van der Waals surface area contributed by atoms with Gasteiger partial charge < -0.3 is 0 Å². The molecule has 0 heterocycles. The predicted molar refractivity (Wildman–Crippen MR) is 421 cm³/mol. The zero-order valence-corrected chi connectivity index (χ0v) is 55.5. The van der Waals surface area contributed by atoms with Gasteiger partial charge >= 0.3 is 0 Å². The van der Waals surface area contributed by atoms with E-state index in [0.29, 0.717) is 0 Å². The van der Waals surface area contributed by atoms with Gasteiger partial charge in [-0.25, -0.2) is 0 Å². The molecule has 472 valence electrons. The van der Waals surface area contributed by atoms with Crippen molar-refractivity contribution in [3.05, 3.63) is 439 Å². The zero-order chi connectivity index (χ0) is 65.7. The molecule has 4 aliphatic rings. The molecule has 0 amide bonds. The highest BCUT2D eigenvalue weighted by Gasteiger charge is 2.16. The lowest BCUT2D eigenvalue weighted by atomic mass is 9.92. The van der Waals surface area contributed by atoms with E-state index >= 15 is 0 Å². The molecule has 0 N–H and O–H groups in total. The van der Waals surface area contributed by atoms with Crippen LogP contribution in [0.15, 0.2) is 394 Å². The molecule has 0 bridgehead atoms. The molecule has 0 radical (unpaired) electrons. The quantitative estimate of drug-likeness (QED) is 0.114. The molecule has 0 nitrogen and oxygen atoms in total. The van der Waals surface area contributed by atoms with Gasteiger partial charge in [-0.2, -0.15) is 0 Å². The molecule has 20 rings (SSSR count). The van der Waals surface area contributed by atoms with Gasteiger partial charge in [0.1, 0.15) is 0 Å². The summed E-state index contributed by atoms with van der Waals surface area (Å²) in [6, 6.07) is 136. The van der Waals surface area contributed by atoms with E-state index in [9.17, 15) is 0 Å². The Kier molecular flexibility index (Phi) is 23.8. The number of allylic oxidation sites excluding steroid dienone is 1. The van der Waals surface area contributed by atoms with Gasteiger partial charge in [0, 0.05) is 0 Å². The Morgan fingerprint density at radius 1 is 0.186 bits per heavy atom. The fourth-order valence-electron chi connectivity index (χ4n) is 13.1. The Labute approximate surface area is 575 Å². The van der Waals surface area contributed by atoms with E-state index in [1.807, 2.05) is 48.5 Å². The third kappa shape index (κ3) is 18.7. The smallest absolute Gasteiger partial charge is 0.00135 e. The lowest BCUT2D eigenvalue weighted by Crippen LogP contribution is -2.00. The van der Waals surface area contributed by atoms with Crippen LogP contribution in [0.3, 0.4) is 0 Å². The monoisotopic (exact) mass is 1250 g/mol. The van der Waals surface area contributed by atoms with Crippen LogP contribution in [0.5, 0.6) is 0 Å². The summed E-state index contributed by atoms with van der Waals surface area (Å²) in [5.74, 6) is 0. The third-order valence-corrected chi connectivity index (χ3v) is 18.1. The lowest BCUT2D eigenvalue weighted by Gasteiger charge is -2.13. The number of fused-ring (bicyclic) bond motifs is 12. The van der Waals surface area contributed by atoms with Crippen LogP contribution in [0.4, 0.5) is 0 Å². The summed E-state index contributed by atoms with van der Waals surface area (Å²) in [6.45, 7) is 0. The summed E-state index contributed by atoms with van der Waals surface area (Å²) in [5, 5.41) is 13.2. The normalized spacial score (nSPS) is 11.9. The fourth-order valence-corrected chi connectivity index (χ4v) is 13.1. The molecule has 0 saturated carbocycles. The Morgan fingerprint density at radius 3 is 0.845 bits per heavy atom. The molecule has 0 spiro atoms. The van der Waals surface area contributed by atoms with E-state index in [0.717, 1.165) is 12.8 Å². The van der Waals surface area contributed by atoms with Gasteiger partial charge in [-0.15, -0.1) is 0 Å². The van der Waals surface area contributed by atoms with E-state index < -0.39 is 0 Å². The van der Waals surface area contributed by atoms with E-state index in [1.54, 1.807) is 22.3 Å². The Bertz CT molecular complexity index is 4670. The SMILES string of the molecule is C1=Cc2ccccc2C1.c1ccc(-c2ccccc2)cc1.c1ccc2c(c1)CCC2.c1ccc2c(c1)CCCC2.c1ccc2c(c1)Cc1ccccc1-2.c1ccc2c(c1)ccc1ccccc12.c1ccc2cc3ccccc3cc2c1.c1ccc2ccccc2c1.c1ccccc1. The molecule has 16 aromatic carbocycles. The van der Waals surface area contributed by atoms with Crippen LogP contribution in [0, 0.1) is 0 Å². The number of aryl methyl sites for hydroxylation is 4. The van der Waals surface area contributed by atoms with Crippen molar-refractivity contribution < 1.29 is 0 Å². The highest BCUT2D eigenvalue weighted by molar-refractivity contribution is 6.07. The maximum Gasteiger partial charge on any atom is -0.00135 e. The molecule has 0 aliphatic heterocycles. The minimum absolute atomic E-state index is 1.10. The average Bonchev–Trinajstić information content (AvgIpc) is 1.75. The van der Waals surface area contributed by atoms with E-state index in [-0.39, 0.29) is 0 Å². The summed E-state index contributed by atoms with van der Waals surface area (Å²) < 4.78 is 0. The summed E-state index contributed by atoms with van der Waals surface area (Å²) in [4.78, 5) is 0. The maximum atomic E-state index is 2.26. The van der Waals surface area contributed by atoms with Crippen LogP contribution in [-0.2, 0) is 38.5 Å². The molecular weight excluding hydrogens is 1170 g/mol. The largest absolute Gasteiger partial charge is 0.0795 e. The van der Waals surface area contributed by atoms with Gasteiger partial charge in [0.05, 0.1) is 0 Å². The second-order valence-electron chi connectivity index (χ2n) is 24.7. The predicted octanol–water partition coefficient (Wildman–Crippen LogP) is 26.1. The van der Waals surface area contributed by atoms with Crippen LogP contribution in [-0.4, -0.2) is 0 Å². The second-order valence-corrected chi connectivity index (χ2v) is 24.7. The van der Waals surface area contributed by atoms with Gasteiger partial charge in [0.15, 0.2) is 0 Å². The Morgan fingerprint density at radius 2 is 0.464 bits per heavy atom. The Hall–Kier alpha value is -11.4. The van der Waals surface area contributed by atoms with Gasteiger partial charge in [0.25, 0.3) is 0 Å². The topological polar surface area (TPSA) is 0 Å². The molecule has 0 fully saturated rings. The third-order valence-electron chi connectivity index (χ3n) is 18.1. The number of benzene rings is 16. The molecule has 4 aliphatic carbocycles. The number of hydrogen-bond donors (Lipinski definition) is 0. The Balaban J connectivity index is 0.000000105. The first-order chi connectivity index (χ1) is 48.2. The van der Waals surface area contributed by atoms with Crippen LogP contribution in [0.1, 0.15) is 63.8 Å². The van der Waals surface area contributed by atoms with Crippen molar-refractivity contribution in [3.63, 3.8) is 0 Å². The van der Waals surface area contributed by atoms with Crippen molar-refractivity contribution in [1.29, 1.82) is 0 Å². The molecule has 16 aromatic rings. The van der Waals surface area contributed by atoms with Crippen LogP contribution >= 0.6 is 0 Å². The van der Waals surface area contributed by atoms with Gasteiger partial charge in [-0.1, -0.05) is 388 Å². The number of hydrogen-bond acceptors (Lipinski definition) is 0. The van der Waals surface area contributed by atoms with Gasteiger partial charge in [-0.3, -0.25) is 0 Å². The molecule has 0 saturated heterocycles. The molecule has 97 heavy (non-hydrogen) atoms. The summed E-state index contributed by atoms with van der Waals surface area (Å²) in [5.41, 5.74) is 17.4. The average molecular weight is 1250 g/mol. The highest BCUT2D eigenvalue weighted by Crippen LogP contribution is 2.36. The first-order valence-corrected chi connectivity index (χ1v) is 34.5. The lowest BCUT2D eigenvalue weighted by molar-refractivity contribution is 0.685. The van der Waals surface area contributed by atoms with Crippen molar-refractivity contribution in [1.82, 2.24) is 0 Å². The van der Waals surface area contributed by atoms with Crippen LogP contribution in [0.25, 0.3) is 82.2 Å². The molecule has 0 unspecified atom stereocenters. The van der Waals surface area contributed by atoms with Crippen molar-refractivity contribution in [2.45, 2.75) is 57.8 Å². The first kappa shape index (κ1) is 65.6. The highest BCUT2D eigenvalue weighted by atomic mass is 14.2. The van der Waals surface area contributed by atoms with Crippen molar-refractivity contribution in [2.24, 2.45) is 0 Å². The van der Waals surface area contributed by atoms with E-state index in [2.05, 4.69) is 352 Å². The van der Waals surface area contributed by atoms with Crippen molar-refractivity contribution >= 4 is 59.9 Å². The van der Waals surface area contributed by atoms with Gasteiger partial charge in [0.2, 0.25) is 0 Å². The molecule has 0 aromatic heterocycles. The summed E-state index contributed by atoms with van der Waals surface area (Å²) >= 11 is 0. The summed E-state index contributed by atoms with van der Waals surface area (Å²) in [6.07, 6.45) is 15.9. The standard InChI is InChI=1S/2C14H10.C13H10.C12H10.C10H12.C10H8.C9H10.C9H8.C6H6/c1-3-7-13-11(5-1)9-10-12-6-2-4-8-14(12)13;1-2-6-12-10-14-8-4-3-7-13(14)9-11(12)5-1;1-3-7-12-10(5-1)9-11-6-2-4-8-13(11)12;1-3-7-11(8-4-1)12-9-5-2-6-10-12;2*1-2-6-10-8-4-3-7-9(10)5-1;2*1-2-5-9-7-3-6-8(9)4-1;1-2-4-6-5-3-1/h2*1-10H;1-8H,9H2;1-10H;1-2,5-6H,3-4,7-8H2;1-8H;1-2,4-5H,3,6-7H2;1-6H,7H2;1-6H. The molecule has 0 heteroatoms. The number of rotatable bonds is 1. The second kappa shape index (κ2) is 35.2. The van der Waals surface area contributed by atoms with Crippen molar-refractivity contribution in [3.8, 4) is 22.3 Å².